The van der Waals surface area contributed by atoms with E-state index in [0.717, 1.165) is 38.5 Å². The molecule has 29 heavy (non-hydrogen) atoms. The smallest absolute Gasteiger partial charge is 0.257 e. The summed E-state index contributed by atoms with van der Waals surface area (Å²) < 4.78 is 5.05. The summed E-state index contributed by atoms with van der Waals surface area (Å²) in [6.45, 7) is 4.70. The minimum absolute atomic E-state index is 0.0258. The van der Waals surface area contributed by atoms with Crippen molar-refractivity contribution in [3.05, 3.63) is 24.2 Å². The van der Waals surface area contributed by atoms with Gasteiger partial charge in [0.25, 0.3) is 5.91 Å². The molecule has 5 fully saturated rings. The van der Waals surface area contributed by atoms with Crippen molar-refractivity contribution in [3.8, 4) is 0 Å². The number of hydrogen-bond donors (Lipinski definition) is 1. The fraction of sp³-hybridized carbons (Fsp3) is 0.739. The molecule has 4 unspecified atom stereocenters. The summed E-state index contributed by atoms with van der Waals surface area (Å²) in [5.74, 6) is 0.684. The predicted octanol–water partition coefficient (Wildman–Crippen LogP) is 3.07. The molecule has 4 saturated carbocycles. The van der Waals surface area contributed by atoms with Crippen LogP contribution in [0.1, 0.15) is 68.6 Å². The van der Waals surface area contributed by atoms with Gasteiger partial charge in [-0.2, -0.15) is 0 Å². The summed E-state index contributed by atoms with van der Waals surface area (Å²) in [5, 5.41) is 11.3. The molecule has 1 aromatic rings. The van der Waals surface area contributed by atoms with E-state index in [-0.39, 0.29) is 17.2 Å². The van der Waals surface area contributed by atoms with Gasteiger partial charge in [0, 0.05) is 26.2 Å². The Bertz CT molecular complexity index is 808. The maximum Gasteiger partial charge on any atom is 0.257 e. The van der Waals surface area contributed by atoms with Gasteiger partial charge in [0.2, 0.25) is 5.91 Å². The van der Waals surface area contributed by atoms with Gasteiger partial charge < -0.3 is 19.3 Å². The van der Waals surface area contributed by atoms with E-state index in [1.165, 1.54) is 18.9 Å². The van der Waals surface area contributed by atoms with Crippen LogP contribution in [0.3, 0.4) is 0 Å². The lowest BCUT2D eigenvalue weighted by Gasteiger charge is -2.64. The van der Waals surface area contributed by atoms with E-state index in [2.05, 4.69) is 6.92 Å². The van der Waals surface area contributed by atoms with Gasteiger partial charge >= 0.3 is 0 Å². The van der Waals surface area contributed by atoms with Crippen LogP contribution in [0.2, 0.25) is 0 Å². The van der Waals surface area contributed by atoms with Gasteiger partial charge in [0.15, 0.2) is 0 Å². The van der Waals surface area contributed by atoms with Crippen LogP contribution in [0.4, 0.5) is 0 Å². The fourth-order valence-corrected chi connectivity index (χ4v) is 7.45. The second-order valence-electron chi connectivity index (χ2n) is 10.3. The first kappa shape index (κ1) is 19.2. The van der Waals surface area contributed by atoms with Crippen LogP contribution in [0.25, 0.3) is 0 Å². The van der Waals surface area contributed by atoms with E-state index in [0.29, 0.717) is 44.1 Å². The van der Waals surface area contributed by atoms with Crippen LogP contribution in [0, 0.1) is 16.7 Å². The number of carbonyl (C=O) groups excluding carboxylic acids is 2. The third-order valence-corrected chi connectivity index (χ3v) is 8.20. The lowest BCUT2D eigenvalue weighted by Crippen LogP contribution is -2.64. The summed E-state index contributed by atoms with van der Waals surface area (Å²) in [6.07, 6.45) is 10.3. The van der Waals surface area contributed by atoms with Crippen molar-refractivity contribution in [2.75, 3.05) is 26.2 Å². The predicted molar refractivity (Wildman–Crippen MR) is 107 cm³/mol. The molecule has 4 atom stereocenters. The standard InChI is InChI=1S/C23H32N2O4/c1-2-21-10-17-11-22(14-21,16-23(28,12-17)15-21)20(27)25-6-3-5-24(7-8-25)19(26)18-4-9-29-13-18/h4,9,13,17,28H,2-3,5-8,10-12,14-16H2,1H3. The first-order valence-electron chi connectivity index (χ1n) is 11.2. The SMILES string of the molecule is CCC12CC3CC(O)(C1)CC(C(=O)N1CCCN(C(=O)c4ccoc4)CC1)(C3)C2. The lowest BCUT2D eigenvalue weighted by molar-refractivity contribution is -0.209. The second kappa shape index (κ2) is 6.59. The number of hydrogen-bond acceptors (Lipinski definition) is 4. The topological polar surface area (TPSA) is 74.0 Å². The highest BCUT2D eigenvalue weighted by atomic mass is 16.3. The van der Waals surface area contributed by atoms with E-state index < -0.39 is 11.0 Å². The quantitative estimate of drug-likeness (QED) is 0.846. The molecule has 2 heterocycles. The van der Waals surface area contributed by atoms with Gasteiger partial charge in [0.05, 0.1) is 22.8 Å². The van der Waals surface area contributed by atoms with Crippen molar-refractivity contribution in [1.82, 2.24) is 9.80 Å². The average Bonchev–Trinajstić information content (AvgIpc) is 3.10. The normalized spacial score (nSPS) is 38.9. The molecule has 1 saturated heterocycles. The minimum atomic E-state index is -0.653. The molecule has 1 aromatic heterocycles. The van der Waals surface area contributed by atoms with Gasteiger partial charge in [-0.1, -0.05) is 13.3 Å². The lowest BCUT2D eigenvalue weighted by atomic mass is 9.42. The first-order chi connectivity index (χ1) is 13.9. The highest BCUT2D eigenvalue weighted by molar-refractivity contribution is 5.94. The molecule has 6 heteroatoms. The Balaban J connectivity index is 1.33. The van der Waals surface area contributed by atoms with Gasteiger partial charge in [-0.3, -0.25) is 9.59 Å². The molecule has 4 aliphatic carbocycles. The highest BCUT2D eigenvalue weighted by Gasteiger charge is 2.65. The number of furan rings is 1. The van der Waals surface area contributed by atoms with Crippen LogP contribution >= 0.6 is 0 Å². The summed E-state index contributed by atoms with van der Waals surface area (Å²) in [7, 11) is 0. The molecule has 6 nitrogen and oxygen atoms in total. The Hall–Kier alpha value is -1.82. The zero-order valence-corrected chi connectivity index (χ0v) is 17.4. The van der Waals surface area contributed by atoms with Gasteiger partial charge in [-0.05, 0) is 62.3 Å². The molecule has 4 bridgehead atoms. The molecule has 0 spiro atoms. The van der Waals surface area contributed by atoms with Gasteiger partial charge in [-0.15, -0.1) is 0 Å². The molecular formula is C23H32N2O4. The van der Waals surface area contributed by atoms with Crippen molar-refractivity contribution >= 4 is 11.8 Å². The Kier molecular flexibility index (Phi) is 4.36. The van der Waals surface area contributed by atoms with Crippen molar-refractivity contribution in [3.63, 3.8) is 0 Å². The Morgan fingerprint density at radius 2 is 1.90 bits per heavy atom. The number of amides is 2. The Morgan fingerprint density at radius 3 is 2.62 bits per heavy atom. The molecule has 158 valence electrons. The summed E-state index contributed by atoms with van der Waals surface area (Å²) in [5.41, 5.74) is -0.342. The average molecular weight is 401 g/mol. The maximum absolute atomic E-state index is 13.8. The van der Waals surface area contributed by atoms with Crippen LogP contribution in [-0.2, 0) is 4.79 Å². The molecule has 2 amide bonds. The second-order valence-corrected chi connectivity index (χ2v) is 10.3. The molecule has 0 aromatic carbocycles. The molecule has 0 radical (unpaired) electrons. The molecule has 1 N–H and O–H groups in total. The Labute approximate surface area is 172 Å². The van der Waals surface area contributed by atoms with Crippen molar-refractivity contribution in [2.24, 2.45) is 16.7 Å². The number of carbonyl (C=O) groups is 2. The van der Waals surface area contributed by atoms with Gasteiger partial charge in [0.1, 0.15) is 6.26 Å². The van der Waals surface area contributed by atoms with Crippen LogP contribution in [0.5, 0.6) is 0 Å². The minimum Gasteiger partial charge on any atom is -0.472 e. The van der Waals surface area contributed by atoms with E-state index in [1.807, 2.05) is 9.80 Å². The van der Waals surface area contributed by atoms with E-state index in [4.69, 9.17) is 4.42 Å². The van der Waals surface area contributed by atoms with Crippen LogP contribution in [-0.4, -0.2) is 58.5 Å². The zero-order valence-electron chi connectivity index (χ0n) is 17.4. The number of nitrogens with zero attached hydrogens (tertiary/aromatic N) is 2. The summed E-state index contributed by atoms with van der Waals surface area (Å²) in [4.78, 5) is 30.3. The van der Waals surface area contributed by atoms with Crippen LogP contribution < -0.4 is 0 Å². The third kappa shape index (κ3) is 3.11. The Morgan fingerprint density at radius 1 is 1.10 bits per heavy atom. The summed E-state index contributed by atoms with van der Waals surface area (Å²) >= 11 is 0. The third-order valence-electron chi connectivity index (χ3n) is 8.20. The number of aliphatic hydroxyl groups is 1. The maximum atomic E-state index is 13.8. The van der Waals surface area contributed by atoms with Crippen molar-refractivity contribution in [1.29, 1.82) is 0 Å². The van der Waals surface area contributed by atoms with E-state index >= 15 is 0 Å². The first-order valence-corrected chi connectivity index (χ1v) is 11.2. The number of rotatable bonds is 3. The molecule has 5 aliphatic rings. The van der Waals surface area contributed by atoms with Crippen molar-refractivity contribution < 1.29 is 19.1 Å². The highest BCUT2D eigenvalue weighted by Crippen LogP contribution is 2.68. The van der Waals surface area contributed by atoms with Gasteiger partial charge in [-0.25, -0.2) is 0 Å². The fourth-order valence-electron chi connectivity index (χ4n) is 7.45. The molecule has 1 aliphatic heterocycles. The van der Waals surface area contributed by atoms with Crippen LogP contribution in [0.15, 0.2) is 23.0 Å². The van der Waals surface area contributed by atoms with Crippen molar-refractivity contribution in [2.45, 2.75) is 63.9 Å². The molecule has 6 rings (SSSR count). The largest absolute Gasteiger partial charge is 0.472 e. The van der Waals surface area contributed by atoms with E-state index in [9.17, 15) is 14.7 Å². The summed E-state index contributed by atoms with van der Waals surface area (Å²) in [6, 6.07) is 1.69. The zero-order chi connectivity index (χ0) is 20.3. The molecular weight excluding hydrogens is 368 g/mol. The monoisotopic (exact) mass is 400 g/mol. The van der Waals surface area contributed by atoms with E-state index in [1.54, 1.807) is 6.07 Å².